The summed E-state index contributed by atoms with van der Waals surface area (Å²) in [4.78, 5) is 24.2. The van der Waals surface area contributed by atoms with Crippen LogP contribution in [-0.2, 0) is 13.2 Å². The Morgan fingerprint density at radius 3 is 2.54 bits per heavy atom. The average Bonchev–Trinajstić information content (AvgIpc) is 2.50. The molecule has 0 aliphatic rings. The fourth-order valence-electron chi connectivity index (χ4n) is 2.00. The van der Waals surface area contributed by atoms with Crippen LogP contribution in [0.1, 0.15) is 5.69 Å². The molecule has 0 fully saturated rings. The molecular formula is C15H10ClF3N2O3. The van der Waals surface area contributed by atoms with Gasteiger partial charge in [-0.1, -0.05) is 17.5 Å². The summed E-state index contributed by atoms with van der Waals surface area (Å²) in [6, 6.07) is 4.24. The second-order valence-electron chi connectivity index (χ2n) is 4.65. The number of hydrogen-bond donors (Lipinski definition) is 0. The molecule has 2 aromatic rings. The smallest absolute Gasteiger partial charge is 0.431 e. The lowest BCUT2D eigenvalue weighted by atomic mass is 10.3. The van der Waals surface area contributed by atoms with Gasteiger partial charge < -0.3 is 4.74 Å². The van der Waals surface area contributed by atoms with Crippen LogP contribution in [-0.4, -0.2) is 15.7 Å². The topological polar surface area (TPSA) is 53.2 Å². The molecule has 0 radical (unpaired) electrons. The highest BCUT2D eigenvalue weighted by Crippen LogP contribution is 2.28. The molecule has 5 nitrogen and oxygen atoms in total. The van der Waals surface area contributed by atoms with Crippen LogP contribution >= 0.6 is 11.6 Å². The normalized spacial score (nSPS) is 11.2. The molecule has 0 amide bonds. The van der Waals surface area contributed by atoms with E-state index < -0.39 is 23.1 Å². The summed E-state index contributed by atoms with van der Waals surface area (Å²) in [6.07, 6.45) is 0.242. The minimum Gasteiger partial charge on any atom is -0.479 e. The van der Waals surface area contributed by atoms with Gasteiger partial charge in [0.05, 0.1) is 10.7 Å². The van der Waals surface area contributed by atoms with Gasteiger partial charge in [-0.3, -0.25) is 9.36 Å². The van der Waals surface area contributed by atoms with Gasteiger partial charge in [-0.25, -0.2) is 9.36 Å². The Morgan fingerprint density at radius 1 is 1.29 bits per heavy atom. The van der Waals surface area contributed by atoms with Gasteiger partial charge in [0.1, 0.15) is 18.1 Å². The number of hydrogen-bond acceptors (Lipinski definition) is 3. The Labute approximate surface area is 138 Å². The molecular weight excluding hydrogens is 349 g/mol. The molecule has 0 spiro atoms. The molecule has 0 aliphatic carbocycles. The highest BCUT2D eigenvalue weighted by molar-refractivity contribution is 6.32. The van der Waals surface area contributed by atoms with E-state index in [2.05, 4.69) is 5.92 Å². The summed E-state index contributed by atoms with van der Waals surface area (Å²) in [6.45, 7) is -0.108. The minimum atomic E-state index is -4.83. The molecule has 1 aromatic carbocycles. The maximum Gasteiger partial charge on any atom is 0.431 e. The molecule has 0 unspecified atom stereocenters. The standard InChI is InChI=1S/C15H10ClF3N2O3/c1-3-6-24-11-7-9(4-5-10(11)16)21-13(22)8-12(15(17,18)19)20(2)14(21)23/h1,4-5,7-8H,6H2,2H3. The second-order valence-corrected chi connectivity index (χ2v) is 5.06. The van der Waals surface area contributed by atoms with E-state index >= 15 is 0 Å². The van der Waals surface area contributed by atoms with E-state index in [1.54, 1.807) is 0 Å². The van der Waals surface area contributed by atoms with Gasteiger partial charge in [-0.05, 0) is 12.1 Å². The van der Waals surface area contributed by atoms with Gasteiger partial charge in [0, 0.05) is 19.2 Å². The minimum absolute atomic E-state index is 0.00532. The van der Waals surface area contributed by atoms with Crippen molar-refractivity contribution in [2.45, 2.75) is 6.18 Å². The third kappa shape index (κ3) is 3.31. The summed E-state index contributed by atoms with van der Waals surface area (Å²) < 4.78 is 44.6. The quantitative estimate of drug-likeness (QED) is 0.791. The zero-order valence-corrected chi connectivity index (χ0v) is 13.0. The van der Waals surface area contributed by atoms with Gasteiger partial charge in [0.2, 0.25) is 0 Å². The van der Waals surface area contributed by atoms with E-state index in [0.717, 1.165) is 7.05 Å². The van der Waals surface area contributed by atoms with Crippen LogP contribution in [0, 0.1) is 12.3 Å². The highest BCUT2D eigenvalue weighted by atomic mass is 35.5. The molecule has 0 aliphatic heterocycles. The zero-order valence-electron chi connectivity index (χ0n) is 12.2. The Hall–Kier alpha value is -2.66. The number of aromatic nitrogens is 2. The summed E-state index contributed by atoms with van der Waals surface area (Å²) in [5.41, 5.74) is -3.62. The fraction of sp³-hybridized carbons (Fsp3) is 0.200. The number of alkyl halides is 3. The van der Waals surface area contributed by atoms with E-state index in [0.29, 0.717) is 15.2 Å². The third-order valence-electron chi connectivity index (χ3n) is 3.09. The lowest BCUT2D eigenvalue weighted by Gasteiger charge is -2.14. The van der Waals surface area contributed by atoms with Crippen LogP contribution in [0.3, 0.4) is 0 Å². The lowest BCUT2D eigenvalue weighted by molar-refractivity contribution is -0.144. The van der Waals surface area contributed by atoms with Crippen LogP contribution < -0.4 is 16.0 Å². The van der Waals surface area contributed by atoms with Gasteiger partial charge in [-0.2, -0.15) is 13.2 Å². The first-order valence-electron chi connectivity index (χ1n) is 6.43. The zero-order chi connectivity index (χ0) is 18.1. The van der Waals surface area contributed by atoms with E-state index in [1.165, 1.54) is 18.2 Å². The molecule has 9 heteroatoms. The van der Waals surface area contributed by atoms with Crippen molar-refractivity contribution in [1.82, 2.24) is 9.13 Å². The van der Waals surface area contributed by atoms with E-state index in [1.807, 2.05) is 0 Å². The molecule has 126 valence electrons. The third-order valence-corrected chi connectivity index (χ3v) is 3.41. The maximum absolute atomic E-state index is 12.8. The van der Waals surface area contributed by atoms with Gasteiger partial charge in [0.25, 0.3) is 5.56 Å². The molecule has 0 saturated carbocycles. The molecule has 1 heterocycles. The summed E-state index contributed by atoms with van der Waals surface area (Å²) in [5.74, 6) is 2.32. The average molecular weight is 359 g/mol. The fourth-order valence-corrected chi connectivity index (χ4v) is 2.17. The van der Waals surface area contributed by atoms with Crippen molar-refractivity contribution in [2.24, 2.45) is 7.05 Å². The Morgan fingerprint density at radius 2 is 1.96 bits per heavy atom. The van der Waals surface area contributed by atoms with Crippen LogP contribution in [0.4, 0.5) is 13.2 Å². The number of rotatable bonds is 3. The van der Waals surface area contributed by atoms with E-state index in [-0.39, 0.29) is 23.1 Å². The van der Waals surface area contributed by atoms with Crippen molar-refractivity contribution in [3.05, 3.63) is 55.8 Å². The van der Waals surface area contributed by atoms with Crippen LogP contribution in [0.5, 0.6) is 5.75 Å². The van der Waals surface area contributed by atoms with Gasteiger partial charge in [0.15, 0.2) is 0 Å². The van der Waals surface area contributed by atoms with Crippen LogP contribution in [0.2, 0.25) is 5.02 Å². The maximum atomic E-state index is 12.8. The lowest BCUT2D eigenvalue weighted by Crippen LogP contribution is -2.40. The Balaban J connectivity index is 2.67. The number of halogens is 4. The monoisotopic (exact) mass is 358 g/mol. The number of nitrogens with zero attached hydrogens (tertiary/aromatic N) is 2. The van der Waals surface area contributed by atoms with Crippen molar-refractivity contribution in [3.63, 3.8) is 0 Å². The summed E-state index contributed by atoms with van der Waals surface area (Å²) >= 11 is 5.90. The van der Waals surface area contributed by atoms with E-state index in [9.17, 15) is 22.8 Å². The van der Waals surface area contributed by atoms with Crippen molar-refractivity contribution in [2.75, 3.05) is 6.61 Å². The van der Waals surface area contributed by atoms with Crippen LogP contribution in [0.25, 0.3) is 5.69 Å². The van der Waals surface area contributed by atoms with Gasteiger partial charge in [-0.15, -0.1) is 6.42 Å². The number of benzene rings is 1. The second kappa shape index (κ2) is 6.45. The predicted molar refractivity (Wildman–Crippen MR) is 81.6 cm³/mol. The van der Waals surface area contributed by atoms with Crippen molar-refractivity contribution < 1.29 is 17.9 Å². The number of ether oxygens (including phenoxy) is 1. The number of terminal acetylenes is 1. The van der Waals surface area contributed by atoms with Crippen molar-refractivity contribution in [3.8, 4) is 23.8 Å². The molecule has 0 atom stereocenters. The molecule has 1 aromatic heterocycles. The molecule has 2 rings (SSSR count). The van der Waals surface area contributed by atoms with Gasteiger partial charge >= 0.3 is 11.9 Å². The molecule has 0 N–H and O–H groups in total. The summed E-state index contributed by atoms with van der Waals surface area (Å²) in [7, 11) is 0.923. The largest absolute Gasteiger partial charge is 0.479 e. The van der Waals surface area contributed by atoms with Crippen LogP contribution in [0.15, 0.2) is 33.9 Å². The Bertz CT molecular complexity index is 939. The molecule has 24 heavy (non-hydrogen) atoms. The predicted octanol–water partition coefficient (Wildman–Crippen LogP) is 2.22. The highest BCUT2D eigenvalue weighted by Gasteiger charge is 2.35. The SMILES string of the molecule is C#CCOc1cc(-n2c(=O)cc(C(F)(F)F)n(C)c2=O)ccc1Cl. The first-order valence-corrected chi connectivity index (χ1v) is 6.81. The Kier molecular flexibility index (Phi) is 4.76. The van der Waals surface area contributed by atoms with E-state index in [4.69, 9.17) is 22.8 Å². The summed E-state index contributed by atoms with van der Waals surface area (Å²) in [5, 5.41) is 0.172. The molecule has 0 bridgehead atoms. The van der Waals surface area contributed by atoms with Crippen molar-refractivity contribution in [1.29, 1.82) is 0 Å². The van der Waals surface area contributed by atoms with Crippen molar-refractivity contribution >= 4 is 11.6 Å². The first-order chi connectivity index (χ1) is 11.2. The molecule has 0 saturated heterocycles. The first kappa shape index (κ1) is 17.7.